The largest absolute Gasteiger partial charge is 0.511 e. The van der Waals surface area contributed by atoms with Crippen LogP contribution in [0.4, 0.5) is 0 Å². The Morgan fingerprint density at radius 2 is 2.15 bits per heavy atom. The standard InChI is InChI=1S/C15H25NO3S/c1-4-6-12(16-19)15-13(17)8-11(9-14(15)18)7-10(3)20-5-2/h10-11,17,19H,4-9H2,1-3H3. The summed E-state index contributed by atoms with van der Waals surface area (Å²) in [5.41, 5.74) is 0.575. The highest BCUT2D eigenvalue weighted by molar-refractivity contribution is 7.99. The van der Waals surface area contributed by atoms with Gasteiger partial charge in [-0.25, -0.2) is 0 Å². The molecule has 5 heteroatoms. The van der Waals surface area contributed by atoms with Gasteiger partial charge < -0.3 is 10.3 Å². The lowest BCUT2D eigenvalue weighted by molar-refractivity contribution is -0.116. The zero-order chi connectivity index (χ0) is 15.1. The van der Waals surface area contributed by atoms with Gasteiger partial charge in [0, 0.05) is 18.1 Å². The molecule has 0 radical (unpaired) electrons. The number of aliphatic hydroxyl groups excluding tert-OH is 1. The highest BCUT2D eigenvalue weighted by atomic mass is 32.2. The minimum absolute atomic E-state index is 0.0892. The highest BCUT2D eigenvalue weighted by Crippen LogP contribution is 2.32. The third kappa shape index (κ3) is 4.54. The molecule has 0 spiro atoms. The normalized spacial score (nSPS) is 22.2. The fourth-order valence-electron chi connectivity index (χ4n) is 2.75. The van der Waals surface area contributed by atoms with Crippen LogP contribution in [0.5, 0.6) is 0 Å². The molecule has 1 aliphatic rings. The van der Waals surface area contributed by atoms with E-state index in [4.69, 9.17) is 5.21 Å². The molecule has 0 aromatic rings. The Labute approximate surface area is 125 Å². The molecule has 0 heterocycles. The highest BCUT2D eigenvalue weighted by Gasteiger charge is 2.31. The van der Waals surface area contributed by atoms with Crippen molar-refractivity contribution in [2.45, 2.75) is 58.1 Å². The van der Waals surface area contributed by atoms with Gasteiger partial charge >= 0.3 is 0 Å². The number of thioether (sulfide) groups is 1. The summed E-state index contributed by atoms with van der Waals surface area (Å²) in [4.78, 5) is 12.2. The molecule has 0 aromatic heterocycles. The third-order valence-corrected chi connectivity index (χ3v) is 4.63. The van der Waals surface area contributed by atoms with Crippen molar-refractivity contribution >= 4 is 23.3 Å². The van der Waals surface area contributed by atoms with Crippen molar-refractivity contribution in [3.05, 3.63) is 11.3 Å². The first-order chi connectivity index (χ1) is 9.53. The summed E-state index contributed by atoms with van der Waals surface area (Å²) in [5.74, 6) is 1.27. The SMILES string of the molecule is CCCC(=NO)C1=C(O)CC(CC(C)SCC)CC1=O. The molecule has 20 heavy (non-hydrogen) atoms. The number of hydrogen-bond acceptors (Lipinski definition) is 5. The summed E-state index contributed by atoms with van der Waals surface area (Å²) in [6, 6.07) is 0. The molecule has 0 saturated carbocycles. The molecule has 2 N–H and O–H groups in total. The van der Waals surface area contributed by atoms with Crippen LogP contribution < -0.4 is 0 Å². The van der Waals surface area contributed by atoms with Crippen molar-refractivity contribution in [2.24, 2.45) is 11.1 Å². The number of carbonyl (C=O) groups excluding carboxylic acids is 1. The van der Waals surface area contributed by atoms with Gasteiger partial charge in [-0.05, 0) is 24.5 Å². The second-order valence-electron chi connectivity index (χ2n) is 5.32. The molecular weight excluding hydrogens is 274 g/mol. The summed E-state index contributed by atoms with van der Waals surface area (Å²) in [7, 11) is 0. The van der Waals surface area contributed by atoms with Gasteiger partial charge in [-0.2, -0.15) is 11.8 Å². The number of hydrogen-bond donors (Lipinski definition) is 2. The van der Waals surface area contributed by atoms with E-state index in [1.165, 1.54) is 0 Å². The summed E-state index contributed by atoms with van der Waals surface area (Å²) in [5, 5.41) is 22.8. The summed E-state index contributed by atoms with van der Waals surface area (Å²) >= 11 is 1.87. The lowest BCUT2D eigenvalue weighted by Gasteiger charge is -2.25. The molecule has 0 fully saturated rings. The average Bonchev–Trinajstić information content (AvgIpc) is 2.37. The molecule has 4 nitrogen and oxygen atoms in total. The van der Waals surface area contributed by atoms with E-state index in [1.54, 1.807) is 0 Å². The molecule has 2 atom stereocenters. The number of rotatable bonds is 7. The van der Waals surface area contributed by atoms with Gasteiger partial charge in [0.05, 0.1) is 11.3 Å². The minimum Gasteiger partial charge on any atom is -0.511 e. The van der Waals surface area contributed by atoms with Gasteiger partial charge in [-0.1, -0.05) is 32.3 Å². The molecule has 0 amide bonds. The number of aliphatic hydroxyl groups is 1. The number of ketones is 1. The lowest BCUT2D eigenvalue weighted by Crippen LogP contribution is -2.26. The first-order valence-corrected chi connectivity index (χ1v) is 8.36. The van der Waals surface area contributed by atoms with E-state index in [9.17, 15) is 9.90 Å². The Kier molecular flexibility index (Phi) is 7.13. The Hall–Kier alpha value is -0.970. The van der Waals surface area contributed by atoms with E-state index in [0.29, 0.717) is 30.2 Å². The van der Waals surface area contributed by atoms with Gasteiger partial charge in [0.1, 0.15) is 5.76 Å². The number of nitrogens with zero attached hydrogens (tertiary/aromatic N) is 1. The van der Waals surface area contributed by atoms with E-state index < -0.39 is 0 Å². The third-order valence-electron chi connectivity index (χ3n) is 3.54. The van der Waals surface area contributed by atoms with Crippen molar-refractivity contribution in [1.29, 1.82) is 0 Å². The van der Waals surface area contributed by atoms with Crippen molar-refractivity contribution in [1.82, 2.24) is 0 Å². The van der Waals surface area contributed by atoms with Crippen LogP contribution in [0, 0.1) is 5.92 Å². The molecule has 0 aromatic carbocycles. The summed E-state index contributed by atoms with van der Waals surface area (Å²) in [6.45, 7) is 6.23. The maximum Gasteiger partial charge on any atom is 0.168 e. The maximum atomic E-state index is 12.2. The van der Waals surface area contributed by atoms with E-state index in [2.05, 4.69) is 19.0 Å². The summed E-state index contributed by atoms with van der Waals surface area (Å²) in [6.07, 6.45) is 3.17. The first kappa shape index (κ1) is 17.1. The van der Waals surface area contributed by atoms with Crippen molar-refractivity contribution in [3.8, 4) is 0 Å². The number of Topliss-reactive ketones (excluding diaryl/α,β-unsaturated/α-hetero) is 1. The van der Waals surface area contributed by atoms with E-state index >= 15 is 0 Å². The van der Waals surface area contributed by atoms with Gasteiger partial charge in [0.25, 0.3) is 0 Å². The second-order valence-corrected chi connectivity index (χ2v) is 7.03. The van der Waals surface area contributed by atoms with Crippen LogP contribution in [0.3, 0.4) is 0 Å². The average molecular weight is 299 g/mol. The van der Waals surface area contributed by atoms with Gasteiger partial charge in [-0.3, -0.25) is 4.79 Å². The van der Waals surface area contributed by atoms with Crippen LogP contribution in [0.25, 0.3) is 0 Å². The molecule has 114 valence electrons. The van der Waals surface area contributed by atoms with E-state index in [1.807, 2.05) is 18.7 Å². The zero-order valence-corrected chi connectivity index (χ0v) is 13.4. The Morgan fingerprint density at radius 3 is 2.65 bits per heavy atom. The van der Waals surface area contributed by atoms with Crippen molar-refractivity contribution in [3.63, 3.8) is 0 Å². The predicted octanol–water partition coefficient (Wildman–Crippen LogP) is 3.94. The van der Waals surface area contributed by atoms with E-state index in [-0.39, 0.29) is 23.0 Å². The molecule has 0 bridgehead atoms. The molecule has 0 aliphatic heterocycles. The van der Waals surface area contributed by atoms with Crippen LogP contribution >= 0.6 is 11.8 Å². The minimum atomic E-state index is -0.0892. The number of carbonyl (C=O) groups is 1. The fraction of sp³-hybridized carbons (Fsp3) is 0.733. The number of oxime groups is 1. The second kappa shape index (κ2) is 8.35. The molecular formula is C15H25NO3S. The van der Waals surface area contributed by atoms with Crippen LogP contribution in [0.2, 0.25) is 0 Å². The Balaban J connectivity index is 2.79. The Bertz CT molecular complexity index is 404. The quantitative estimate of drug-likeness (QED) is 0.424. The summed E-state index contributed by atoms with van der Waals surface area (Å²) < 4.78 is 0. The molecule has 2 unspecified atom stereocenters. The van der Waals surface area contributed by atoms with Crippen molar-refractivity contribution < 1.29 is 15.1 Å². The molecule has 0 saturated heterocycles. The van der Waals surface area contributed by atoms with Gasteiger partial charge in [0.15, 0.2) is 5.78 Å². The first-order valence-electron chi connectivity index (χ1n) is 7.31. The fourth-order valence-corrected chi connectivity index (χ4v) is 3.73. The molecule has 1 aliphatic carbocycles. The van der Waals surface area contributed by atoms with Crippen LogP contribution in [-0.2, 0) is 4.79 Å². The van der Waals surface area contributed by atoms with Crippen LogP contribution in [0.15, 0.2) is 16.5 Å². The lowest BCUT2D eigenvalue weighted by atomic mass is 9.82. The predicted molar refractivity (Wildman–Crippen MR) is 83.7 cm³/mol. The number of allylic oxidation sites excluding steroid dienone is 2. The van der Waals surface area contributed by atoms with Crippen LogP contribution in [-0.4, -0.2) is 32.8 Å². The van der Waals surface area contributed by atoms with Crippen LogP contribution in [0.1, 0.15) is 52.9 Å². The monoisotopic (exact) mass is 299 g/mol. The zero-order valence-electron chi connectivity index (χ0n) is 12.6. The van der Waals surface area contributed by atoms with Crippen molar-refractivity contribution in [2.75, 3.05) is 5.75 Å². The van der Waals surface area contributed by atoms with Gasteiger partial charge in [0.2, 0.25) is 0 Å². The van der Waals surface area contributed by atoms with E-state index in [0.717, 1.165) is 18.6 Å². The smallest absolute Gasteiger partial charge is 0.168 e. The Morgan fingerprint density at radius 1 is 1.45 bits per heavy atom. The topological polar surface area (TPSA) is 69.9 Å². The molecule has 1 rings (SSSR count). The van der Waals surface area contributed by atoms with Gasteiger partial charge in [-0.15, -0.1) is 0 Å². The maximum absolute atomic E-state index is 12.2.